The van der Waals surface area contributed by atoms with Crippen molar-refractivity contribution in [2.45, 2.75) is 44.8 Å². The Morgan fingerprint density at radius 2 is 1.92 bits per heavy atom. The maximum Gasteiger partial charge on any atom is 0.320 e. The van der Waals surface area contributed by atoms with Crippen LogP contribution in [0, 0.1) is 0 Å². The van der Waals surface area contributed by atoms with Crippen LogP contribution in [0.3, 0.4) is 0 Å². The Morgan fingerprint density at radius 3 is 2.51 bits per heavy atom. The summed E-state index contributed by atoms with van der Waals surface area (Å²) in [6.45, 7) is 3.67. The third kappa shape index (κ3) is 6.00. The number of aromatic nitrogens is 1. The topological polar surface area (TPSA) is 104 Å². The number of anilines is 1. The number of rotatable bonds is 8. The van der Waals surface area contributed by atoms with Crippen molar-refractivity contribution in [2.75, 3.05) is 25.2 Å². The van der Waals surface area contributed by atoms with Crippen LogP contribution in [0.2, 0.25) is 5.02 Å². The molecule has 1 fully saturated rings. The first-order valence-electron chi connectivity index (χ1n) is 12.3. The van der Waals surface area contributed by atoms with Crippen LogP contribution in [-0.4, -0.2) is 48.6 Å². The van der Waals surface area contributed by atoms with Gasteiger partial charge in [-0.1, -0.05) is 25.4 Å². The number of esters is 1. The SMILES string of the molecule is CC.COc1cc(N2Cc3cc(-c4ccc(Cl)cn4)sc3C2=O)ccc1OCC1(OC(=O)CN)CC(F)(F)C1. The van der Waals surface area contributed by atoms with Crippen LogP contribution in [0.15, 0.2) is 42.6 Å². The van der Waals surface area contributed by atoms with Crippen molar-refractivity contribution < 1.29 is 32.6 Å². The largest absolute Gasteiger partial charge is 0.493 e. The molecular formula is C27H28ClF2N3O5S. The minimum atomic E-state index is -2.94. The summed E-state index contributed by atoms with van der Waals surface area (Å²) < 4.78 is 43.5. The van der Waals surface area contributed by atoms with E-state index in [1.54, 1.807) is 41.4 Å². The Balaban J connectivity index is 0.00000172. The number of nitrogens with two attached hydrogens (primary N) is 1. The van der Waals surface area contributed by atoms with Gasteiger partial charge in [0.15, 0.2) is 17.1 Å². The highest BCUT2D eigenvalue weighted by molar-refractivity contribution is 7.17. The first kappa shape index (κ1) is 28.7. The van der Waals surface area contributed by atoms with E-state index in [4.69, 9.17) is 31.5 Å². The standard InChI is InChI=1S/C25H22ClF2N3O5S.C2H6/c1-34-19-7-16(3-5-18(19)35-13-24(36-21(32)8-29)11-25(27,28)12-24)31-10-14-6-20(37-22(14)23(31)33)17-4-2-15(26)9-30-17;1-2/h2-7,9H,8,10-13,29H2,1H3;1-2H3. The number of hydrogen-bond donors (Lipinski definition) is 1. The molecule has 12 heteroatoms. The highest BCUT2D eigenvalue weighted by Crippen LogP contribution is 2.49. The number of hydrogen-bond acceptors (Lipinski definition) is 8. The van der Waals surface area contributed by atoms with E-state index in [0.29, 0.717) is 27.9 Å². The molecule has 0 saturated heterocycles. The third-order valence-corrected chi connectivity index (χ3v) is 7.58. The molecule has 1 aromatic carbocycles. The van der Waals surface area contributed by atoms with Gasteiger partial charge >= 0.3 is 5.97 Å². The summed E-state index contributed by atoms with van der Waals surface area (Å²) in [5.41, 5.74) is 6.02. The molecule has 0 spiro atoms. The molecule has 3 heterocycles. The molecule has 8 nitrogen and oxygen atoms in total. The maximum absolute atomic E-state index is 13.6. The summed E-state index contributed by atoms with van der Waals surface area (Å²) in [5.74, 6) is -3.30. The molecule has 2 aromatic heterocycles. The van der Waals surface area contributed by atoms with Crippen molar-refractivity contribution >= 4 is 40.5 Å². The van der Waals surface area contributed by atoms with Crippen molar-refractivity contribution in [1.29, 1.82) is 0 Å². The monoisotopic (exact) mass is 579 g/mol. The highest BCUT2D eigenvalue weighted by Gasteiger charge is 2.60. The second-order valence-corrected chi connectivity index (χ2v) is 10.4. The Hall–Kier alpha value is -3.28. The first-order valence-corrected chi connectivity index (χ1v) is 13.5. The molecule has 5 rings (SSSR count). The minimum absolute atomic E-state index is 0.153. The molecule has 1 aliphatic heterocycles. The van der Waals surface area contributed by atoms with Gasteiger partial charge in [-0.05, 0) is 35.9 Å². The Morgan fingerprint density at radius 1 is 1.18 bits per heavy atom. The molecule has 1 saturated carbocycles. The second-order valence-electron chi connectivity index (χ2n) is 8.91. The number of ether oxygens (including phenoxy) is 3. The molecule has 1 amide bonds. The van der Waals surface area contributed by atoms with E-state index in [1.807, 2.05) is 19.9 Å². The molecule has 0 bridgehead atoms. The molecule has 1 aliphatic carbocycles. The van der Waals surface area contributed by atoms with Gasteiger partial charge in [-0.2, -0.15) is 0 Å². The van der Waals surface area contributed by atoms with Crippen molar-refractivity contribution in [3.8, 4) is 22.1 Å². The van der Waals surface area contributed by atoms with Gasteiger partial charge in [-0.3, -0.25) is 14.6 Å². The van der Waals surface area contributed by atoms with Crippen molar-refractivity contribution in [1.82, 2.24) is 4.98 Å². The number of fused-ring (bicyclic) bond motifs is 1. The van der Waals surface area contributed by atoms with Crippen molar-refractivity contribution in [3.63, 3.8) is 0 Å². The third-order valence-electron chi connectivity index (χ3n) is 6.16. The van der Waals surface area contributed by atoms with Gasteiger partial charge in [-0.25, -0.2) is 8.78 Å². The summed E-state index contributed by atoms with van der Waals surface area (Å²) in [5, 5.41) is 0.536. The number of thiophene rings is 1. The number of halogens is 3. The lowest BCUT2D eigenvalue weighted by Gasteiger charge is -2.45. The molecule has 2 N–H and O–H groups in total. The van der Waals surface area contributed by atoms with Crippen LogP contribution in [0.1, 0.15) is 41.9 Å². The van der Waals surface area contributed by atoms with E-state index in [1.165, 1.54) is 18.4 Å². The van der Waals surface area contributed by atoms with Crippen LogP contribution in [0.4, 0.5) is 14.5 Å². The zero-order chi connectivity index (χ0) is 28.4. The fourth-order valence-corrected chi connectivity index (χ4v) is 5.69. The van der Waals surface area contributed by atoms with Gasteiger partial charge < -0.3 is 24.8 Å². The zero-order valence-electron chi connectivity index (χ0n) is 21.6. The van der Waals surface area contributed by atoms with E-state index in [0.717, 1.165) is 16.1 Å². The number of carbonyl (C=O) groups is 2. The second kappa shape index (κ2) is 11.4. The molecule has 0 radical (unpaired) electrons. The van der Waals surface area contributed by atoms with Crippen LogP contribution in [0.25, 0.3) is 10.6 Å². The summed E-state index contributed by atoms with van der Waals surface area (Å²) in [4.78, 5) is 32.3. The molecule has 0 unspecified atom stereocenters. The lowest BCUT2D eigenvalue weighted by molar-refractivity contribution is -0.233. The summed E-state index contributed by atoms with van der Waals surface area (Å²) >= 11 is 7.28. The lowest BCUT2D eigenvalue weighted by Crippen LogP contribution is -2.58. The number of alkyl halides is 2. The van der Waals surface area contributed by atoms with Crippen LogP contribution < -0.4 is 20.1 Å². The molecule has 2 aliphatic rings. The predicted octanol–water partition coefficient (Wildman–Crippen LogP) is 5.71. The quantitative estimate of drug-likeness (QED) is 0.341. The van der Waals surface area contributed by atoms with Gasteiger partial charge in [0, 0.05) is 18.0 Å². The van der Waals surface area contributed by atoms with Crippen LogP contribution in [0.5, 0.6) is 11.5 Å². The molecular weight excluding hydrogens is 552 g/mol. The summed E-state index contributed by atoms with van der Waals surface area (Å²) in [6.07, 6.45) is 0.265. The number of benzene rings is 1. The normalized spacial score (nSPS) is 16.5. The maximum atomic E-state index is 13.6. The molecule has 208 valence electrons. The summed E-state index contributed by atoms with van der Waals surface area (Å²) in [6, 6.07) is 10.4. The zero-order valence-corrected chi connectivity index (χ0v) is 23.2. The van der Waals surface area contributed by atoms with Crippen LogP contribution in [-0.2, 0) is 16.1 Å². The van der Waals surface area contributed by atoms with Gasteiger partial charge in [0.25, 0.3) is 11.8 Å². The predicted molar refractivity (Wildman–Crippen MR) is 145 cm³/mol. The van der Waals surface area contributed by atoms with Gasteiger partial charge in [0.2, 0.25) is 0 Å². The fraction of sp³-hybridized carbons (Fsp3) is 0.370. The average Bonchev–Trinajstić information content (AvgIpc) is 3.47. The molecule has 39 heavy (non-hydrogen) atoms. The van der Waals surface area contributed by atoms with Crippen molar-refractivity contribution in [3.05, 3.63) is 58.1 Å². The average molecular weight is 580 g/mol. The fourth-order valence-electron chi connectivity index (χ4n) is 4.48. The lowest BCUT2D eigenvalue weighted by atomic mass is 9.77. The number of nitrogens with zero attached hydrogens (tertiary/aromatic N) is 2. The van der Waals surface area contributed by atoms with E-state index in [9.17, 15) is 18.4 Å². The van der Waals surface area contributed by atoms with Crippen LogP contribution >= 0.6 is 22.9 Å². The Kier molecular flexibility index (Phi) is 8.43. The van der Waals surface area contributed by atoms with E-state index >= 15 is 0 Å². The van der Waals surface area contributed by atoms with Gasteiger partial charge in [0.1, 0.15) is 6.61 Å². The van der Waals surface area contributed by atoms with Gasteiger partial charge in [0.05, 0.1) is 53.5 Å². The van der Waals surface area contributed by atoms with Gasteiger partial charge in [-0.15, -0.1) is 11.3 Å². The number of methoxy groups -OCH3 is 1. The van der Waals surface area contributed by atoms with E-state index < -0.39 is 36.9 Å². The molecule has 0 atom stereocenters. The Labute approximate surface area is 233 Å². The number of pyridine rings is 1. The van der Waals surface area contributed by atoms with Crippen molar-refractivity contribution in [2.24, 2.45) is 5.73 Å². The minimum Gasteiger partial charge on any atom is -0.493 e. The first-order chi connectivity index (χ1) is 18.6. The highest BCUT2D eigenvalue weighted by atomic mass is 35.5. The summed E-state index contributed by atoms with van der Waals surface area (Å²) in [7, 11) is 1.43. The Bertz CT molecular complexity index is 1360. The molecule has 3 aromatic rings. The van der Waals surface area contributed by atoms with E-state index in [-0.39, 0.29) is 18.3 Å². The van der Waals surface area contributed by atoms with E-state index in [2.05, 4.69) is 4.98 Å². The smallest absolute Gasteiger partial charge is 0.320 e. The number of carbonyl (C=O) groups excluding carboxylic acids is 2. The number of amides is 1.